The predicted molar refractivity (Wildman–Crippen MR) is 148 cm³/mol. The Morgan fingerprint density at radius 1 is 0.643 bits per heavy atom. The molecule has 0 spiro atoms. The zero-order valence-corrected chi connectivity index (χ0v) is 28.1. The molecule has 198 valence electrons. The summed E-state index contributed by atoms with van der Waals surface area (Å²) in [6, 6.07) is 38.9. The van der Waals surface area contributed by atoms with Crippen molar-refractivity contribution >= 4 is 54.9 Å². The van der Waals surface area contributed by atoms with Crippen molar-refractivity contribution in [1.82, 2.24) is 9.13 Å². The van der Waals surface area contributed by atoms with Gasteiger partial charge in [-0.05, 0) is 35.9 Å². The molecule has 8 aromatic rings. The molecule has 0 N–H and O–H groups in total. The molecule has 0 fully saturated rings. The molecule has 4 aromatic carbocycles. The fourth-order valence-corrected chi connectivity index (χ4v) is 6.75. The summed E-state index contributed by atoms with van der Waals surface area (Å²) in [5, 5.41) is 5.16. The van der Waals surface area contributed by atoms with Crippen LogP contribution in [0.25, 0.3) is 54.9 Å². The smallest absolute Gasteiger partial charge is 0.297 e. The van der Waals surface area contributed by atoms with E-state index in [1.807, 2.05) is 36.4 Å². The first kappa shape index (κ1) is 31.1. The van der Waals surface area contributed by atoms with E-state index in [1.165, 1.54) is 60.5 Å². The fraction of sp³-hybridized carbons (Fsp3) is 0.0882. The van der Waals surface area contributed by atoms with Crippen molar-refractivity contribution in [2.75, 3.05) is 0 Å². The summed E-state index contributed by atoms with van der Waals surface area (Å²) in [6.45, 7) is 6.56. The van der Waals surface area contributed by atoms with Gasteiger partial charge in [-0.3, -0.25) is 24.9 Å². The van der Waals surface area contributed by atoms with Gasteiger partial charge in [-0.2, -0.15) is 60.7 Å². The van der Waals surface area contributed by atoms with Gasteiger partial charge in [-0.25, -0.2) is 0 Å². The third-order valence-corrected chi connectivity index (χ3v) is 8.36. The van der Waals surface area contributed by atoms with Crippen LogP contribution in [-0.4, -0.2) is 9.13 Å². The first-order valence-corrected chi connectivity index (χ1v) is 12.9. The van der Waals surface area contributed by atoms with Crippen LogP contribution in [0.3, 0.4) is 0 Å². The van der Waals surface area contributed by atoms with Crippen LogP contribution in [-0.2, 0) is 74.2 Å². The molecule has 0 saturated heterocycles. The number of rotatable bonds is 0. The zero-order chi connectivity index (χ0) is 25.1. The molecule has 2 aliphatic heterocycles. The maximum absolute atomic E-state index is 4.32. The number of imidazole rings is 2. The maximum atomic E-state index is 4.32. The van der Waals surface area contributed by atoms with Crippen molar-refractivity contribution < 1.29 is 83.0 Å². The SMILES string of the molecule is CC1c2[c-]ccc3cc[n+]4c5ccc[c-]c5n1c4c23.[CH2-]C1c2[c-]ccc3cc[n+]4c5ccc[c-]c5n1c4c23.[V+2].[V].[V].[V]. The molecular weight excluding hydrogens is 668 g/mol. The molecule has 0 bridgehead atoms. The summed E-state index contributed by atoms with van der Waals surface area (Å²) in [6.07, 6.45) is 4.29. The van der Waals surface area contributed by atoms with Crippen LogP contribution in [0.1, 0.15) is 30.1 Å². The minimum atomic E-state index is 0. The van der Waals surface area contributed by atoms with Crippen LogP contribution in [0.2, 0.25) is 0 Å². The molecule has 2 unspecified atom stereocenters. The van der Waals surface area contributed by atoms with Crippen LogP contribution in [0.5, 0.6) is 0 Å². The first-order valence-electron chi connectivity index (χ1n) is 12.9. The minimum Gasteiger partial charge on any atom is -0.297 e. The molecule has 0 amide bonds. The largest absolute Gasteiger partial charge is 2.00 e. The van der Waals surface area contributed by atoms with E-state index in [0.717, 1.165) is 5.52 Å². The normalized spacial score (nSPS) is 15.6. The number of aromatic nitrogens is 4. The molecule has 8 heteroatoms. The van der Waals surface area contributed by atoms with Crippen molar-refractivity contribution in [3.63, 3.8) is 0 Å². The Kier molecular flexibility index (Phi) is 8.35. The average Bonchev–Trinajstić information content (AvgIpc) is 3.66. The van der Waals surface area contributed by atoms with Crippen LogP contribution in [0.15, 0.2) is 85.2 Å². The Hall–Kier alpha value is -2.36. The van der Waals surface area contributed by atoms with Crippen LogP contribution in [0, 0.1) is 31.2 Å². The van der Waals surface area contributed by atoms with E-state index in [4.69, 9.17) is 0 Å². The Morgan fingerprint density at radius 2 is 1.14 bits per heavy atom. The second-order valence-corrected chi connectivity index (χ2v) is 10.2. The van der Waals surface area contributed by atoms with Gasteiger partial charge < -0.3 is 0 Å². The molecular formula is C34H21N4V4-. The van der Waals surface area contributed by atoms with E-state index < -0.39 is 0 Å². The Bertz CT molecular complexity index is 2140. The number of pyridine rings is 2. The summed E-state index contributed by atoms with van der Waals surface area (Å²) in [4.78, 5) is 0. The molecule has 4 aromatic heterocycles. The quantitative estimate of drug-likeness (QED) is 0.139. The summed E-state index contributed by atoms with van der Waals surface area (Å²) in [7, 11) is 0. The Morgan fingerprint density at radius 3 is 1.74 bits per heavy atom. The summed E-state index contributed by atoms with van der Waals surface area (Å²) in [5.41, 5.74) is 9.65. The predicted octanol–water partition coefficient (Wildman–Crippen LogP) is 5.92. The van der Waals surface area contributed by atoms with Crippen molar-refractivity contribution in [2.45, 2.75) is 19.0 Å². The molecule has 42 heavy (non-hydrogen) atoms. The van der Waals surface area contributed by atoms with Gasteiger partial charge in [0, 0.05) is 55.7 Å². The number of benzene rings is 4. The van der Waals surface area contributed by atoms with E-state index in [1.54, 1.807) is 0 Å². The van der Waals surface area contributed by atoms with E-state index in [9.17, 15) is 0 Å². The third-order valence-electron chi connectivity index (χ3n) is 8.36. The number of nitrogens with zero attached hydrogens (tertiary/aromatic N) is 4. The minimum absolute atomic E-state index is 0. The van der Waals surface area contributed by atoms with Crippen molar-refractivity contribution in [2.24, 2.45) is 0 Å². The summed E-state index contributed by atoms with van der Waals surface area (Å²) in [5.74, 6) is 0. The number of para-hydroxylation sites is 2. The Labute approximate surface area is 291 Å². The second kappa shape index (κ2) is 11.3. The summed E-state index contributed by atoms with van der Waals surface area (Å²) >= 11 is 0. The molecule has 4 nitrogen and oxygen atoms in total. The Balaban J connectivity index is 0.000000153. The third kappa shape index (κ3) is 3.91. The molecule has 6 heterocycles. The second-order valence-electron chi connectivity index (χ2n) is 10.2. The standard InChI is InChI=1S/C17H11N2.C17H10N2.4V/c2*1-11-13-6-4-5-12-9-10-18-14-7-2-3-8-15(14)19(11)17(18)16(12)13;;;;/h2-5,7,9-11H,1H3;2-5,7,9-11H,1H2;;;;/q-1;-2;;;;+2. The number of hydrogen-bond donors (Lipinski definition) is 0. The van der Waals surface area contributed by atoms with E-state index in [0.29, 0.717) is 6.04 Å². The van der Waals surface area contributed by atoms with E-state index in [2.05, 4.69) is 105 Å². The summed E-state index contributed by atoms with van der Waals surface area (Å²) < 4.78 is 9.15. The van der Waals surface area contributed by atoms with E-state index in [-0.39, 0.29) is 80.3 Å². The van der Waals surface area contributed by atoms with Crippen LogP contribution < -0.4 is 8.80 Å². The topological polar surface area (TPSA) is 18.1 Å². The van der Waals surface area contributed by atoms with Gasteiger partial charge in [0.05, 0.1) is 40.5 Å². The van der Waals surface area contributed by atoms with Gasteiger partial charge in [-0.1, -0.05) is 0 Å². The maximum Gasteiger partial charge on any atom is 2.00 e. The van der Waals surface area contributed by atoms with Crippen molar-refractivity contribution in [3.05, 3.63) is 128 Å². The van der Waals surface area contributed by atoms with Crippen molar-refractivity contribution in [3.8, 4) is 0 Å². The monoisotopic (exact) mass is 689 g/mol. The fourth-order valence-electron chi connectivity index (χ4n) is 6.75. The molecule has 0 saturated carbocycles. The van der Waals surface area contributed by atoms with Crippen LogP contribution >= 0.6 is 0 Å². The molecule has 2 atom stereocenters. The molecule has 4 radical (unpaired) electrons. The van der Waals surface area contributed by atoms with Crippen molar-refractivity contribution in [1.29, 1.82) is 0 Å². The van der Waals surface area contributed by atoms with Gasteiger partial charge in [0.15, 0.2) is 0 Å². The van der Waals surface area contributed by atoms with E-state index >= 15 is 0 Å². The molecule has 10 rings (SSSR count). The van der Waals surface area contributed by atoms with Crippen LogP contribution in [0.4, 0.5) is 0 Å². The van der Waals surface area contributed by atoms with Gasteiger partial charge in [0.2, 0.25) is 11.3 Å². The van der Waals surface area contributed by atoms with Gasteiger partial charge >= 0.3 is 18.6 Å². The average molecular weight is 689 g/mol. The van der Waals surface area contributed by atoms with Gasteiger partial charge in [-0.15, -0.1) is 46.2 Å². The zero-order valence-electron chi connectivity index (χ0n) is 22.5. The number of hydrogen-bond acceptors (Lipinski definition) is 0. The van der Waals surface area contributed by atoms with Gasteiger partial charge in [0.1, 0.15) is 0 Å². The first-order chi connectivity index (χ1) is 18.7. The molecule has 2 aliphatic rings. The number of fused-ring (bicyclic) bond motifs is 6. The van der Waals surface area contributed by atoms with Gasteiger partial charge in [0.25, 0.3) is 0 Å². The molecule has 0 aliphatic carbocycles.